The Labute approximate surface area is 163 Å². The fraction of sp³-hybridized carbons (Fsp3) is 0.0870. The molecule has 0 atom stereocenters. The van der Waals surface area contributed by atoms with Crippen LogP contribution in [0.5, 0.6) is 0 Å². The SMILES string of the molecule is CS(=O)(=O)c1ccc(C2=C(c3ccc(F)cc3)N=C(c3ccccc3)C2)cc1. The molecule has 4 rings (SSSR count). The van der Waals surface area contributed by atoms with Gasteiger partial charge in [0.1, 0.15) is 5.82 Å². The summed E-state index contributed by atoms with van der Waals surface area (Å²) in [5, 5.41) is 0. The van der Waals surface area contributed by atoms with Gasteiger partial charge in [0.05, 0.1) is 16.3 Å². The van der Waals surface area contributed by atoms with Crippen molar-refractivity contribution in [3.8, 4) is 0 Å². The van der Waals surface area contributed by atoms with Crippen molar-refractivity contribution in [1.29, 1.82) is 0 Å². The van der Waals surface area contributed by atoms with Crippen LogP contribution in [0.3, 0.4) is 0 Å². The van der Waals surface area contributed by atoms with Crippen molar-refractivity contribution in [1.82, 2.24) is 0 Å². The number of nitrogens with zero attached hydrogens (tertiary/aromatic N) is 1. The summed E-state index contributed by atoms with van der Waals surface area (Å²) in [6, 6.07) is 23.0. The van der Waals surface area contributed by atoms with Crippen LogP contribution in [0.2, 0.25) is 0 Å². The van der Waals surface area contributed by atoms with Gasteiger partial charge in [-0.25, -0.2) is 12.8 Å². The number of rotatable bonds is 4. The van der Waals surface area contributed by atoms with E-state index in [9.17, 15) is 12.8 Å². The number of benzene rings is 3. The molecule has 0 saturated carbocycles. The molecule has 140 valence electrons. The van der Waals surface area contributed by atoms with Crippen LogP contribution in [-0.2, 0) is 9.84 Å². The van der Waals surface area contributed by atoms with Crippen LogP contribution in [0.1, 0.15) is 23.1 Å². The van der Waals surface area contributed by atoms with Crippen molar-refractivity contribution in [2.75, 3.05) is 6.26 Å². The van der Waals surface area contributed by atoms with Crippen LogP contribution >= 0.6 is 0 Å². The number of aliphatic imine (C=N–C) groups is 1. The van der Waals surface area contributed by atoms with E-state index in [4.69, 9.17) is 4.99 Å². The van der Waals surface area contributed by atoms with E-state index >= 15 is 0 Å². The number of hydrogen-bond donors (Lipinski definition) is 0. The highest BCUT2D eigenvalue weighted by Crippen LogP contribution is 2.37. The molecule has 0 bridgehead atoms. The maximum atomic E-state index is 13.4. The van der Waals surface area contributed by atoms with E-state index in [1.54, 1.807) is 36.4 Å². The van der Waals surface area contributed by atoms with Gasteiger partial charge < -0.3 is 0 Å². The first-order chi connectivity index (χ1) is 13.4. The highest BCUT2D eigenvalue weighted by Gasteiger charge is 2.22. The first kappa shape index (κ1) is 18.3. The molecule has 1 heterocycles. The largest absolute Gasteiger partial charge is 0.252 e. The molecule has 3 aromatic carbocycles. The average molecular weight is 391 g/mol. The Bertz CT molecular complexity index is 1180. The Kier molecular flexibility index (Phi) is 4.69. The van der Waals surface area contributed by atoms with Gasteiger partial charge in [0, 0.05) is 18.2 Å². The van der Waals surface area contributed by atoms with Gasteiger partial charge in [-0.05, 0) is 53.1 Å². The lowest BCUT2D eigenvalue weighted by atomic mass is 9.96. The van der Waals surface area contributed by atoms with Crippen molar-refractivity contribution in [3.05, 3.63) is 101 Å². The summed E-state index contributed by atoms with van der Waals surface area (Å²) in [5.41, 5.74) is 5.47. The number of allylic oxidation sites excluding steroid dienone is 1. The van der Waals surface area contributed by atoms with E-state index in [2.05, 4.69) is 0 Å². The molecule has 0 unspecified atom stereocenters. The molecule has 0 spiro atoms. The van der Waals surface area contributed by atoms with Crippen LogP contribution in [0.4, 0.5) is 4.39 Å². The van der Waals surface area contributed by atoms with E-state index < -0.39 is 9.84 Å². The monoisotopic (exact) mass is 391 g/mol. The van der Waals surface area contributed by atoms with E-state index in [0.717, 1.165) is 33.7 Å². The Morgan fingerprint density at radius 2 is 1.39 bits per heavy atom. The van der Waals surface area contributed by atoms with Gasteiger partial charge >= 0.3 is 0 Å². The molecule has 0 saturated heterocycles. The minimum atomic E-state index is -3.25. The summed E-state index contributed by atoms with van der Waals surface area (Å²) in [6.45, 7) is 0. The molecular weight excluding hydrogens is 373 g/mol. The zero-order chi connectivity index (χ0) is 19.7. The van der Waals surface area contributed by atoms with Crippen LogP contribution in [0.15, 0.2) is 88.8 Å². The third-order valence-corrected chi connectivity index (χ3v) is 5.86. The topological polar surface area (TPSA) is 46.5 Å². The molecule has 3 nitrogen and oxygen atoms in total. The van der Waals surface area contributed by atoms with Crippen molar-refractivity contribution in [3.63, 3.8) is 0 Å². The molecule has 3 aromatic rings. The maximum Gasteiger partial charge on any atom is 0.175 e. The highest BCUT2D eigenvalue weighted by atomic mass is 32.2. The summed E-state index contributed by atoms with van der Waals surface area (Å²) in [6.07, 6.45) is 1.81. The van der Waals surface area contributed by atoms with Gasteiger partial charge in [-0.2, -0.15) is 0 Å². The van der Waals surface area contributed by atoms with Gasteiger partial charge in [-0.15, -0.1) is 0 Å². The molecule has 0 aromatic heterocycles. The van der Waals surface area contributed by atoms with Gasteiger partial charge in [-0.3, -0.25) is 4.99 Å². The standard InChI is InChI=1S/C23H18FNO2S/c1-28(26,27)20-13-9-16(10-14-20)21-15-22(17-5-3-2-4-6-17)25-23(21)18-7-11-19(24)12-8-18/h2-14H,15H2,1H3. The number of halogens is 1. The smallest absolute Gasteiger partial charge is 0.175 e. The predicted molar refractivity (Wildman–Crippen MR) is 110 cm³/mol. The third-order valence-electron chi connectivity index (χ3n) is 4.73. The van der Waals surface area contributed by atoms with Gasteiger partial charge in [0.2, 0.25) is 0 Å². The van der Waals surface area contributed by atoms with Crippen molar-refractivity contribution < 1.29 is 12.8 Å². The first-order valence-electron chi connectivity index (χ1n) is 8.84. The molecular formula is C23H18FNO2S. The van der Waals surface area contributed by atoms with E-state index in [1.807, 2.05) is 30.3 Å². The van der Waals surface area contributed by atoms with E-state index in [1.165, 1.54) is 18.4 Å². The lowest BCUT2D eigenvalue weighted by Crippen LogP contribution is -1.99. The quantitative estimate of drug-likeness (QED) is 0.629. The maximum absolute atomic E-state index is 13.4. The summed E-state index contributed by atoms with van der Waals surface area (Å²) in [7, 11) is -3.25. The van der Waals surface area contributed by atoms with Crippen LogP contribution in [0, 0.1) is 5.82 Å². The Hall–Kier alpha value is -3.05. The second-order valence-corrected chi connectivity index (χ2v) is 8.75. The lowest BCUT2D eigenvalue weighted by molar-refractivity contribution is 0.602. The van der Waals surface area contributed by atoms with Crippen molar-refractivity contribution in [2.24, 2.45) is 4.99 Å². The predicted octanol–water partition coefficient (Wildman–Crippen LogP) is 4.99. The number of hydrogen-bond acceptors (Lipinski definition) is 3. The van der Waals surface area contributed by atoms with Crippen LogP contribution in [0.25, 0.3) is 11.3 Å². The molecule has 0 radical (unpaired) electrons. The first-order valence-corrected chi connectivity index (χ1v) is 10.7. The summed E-state index contributed by atoms with van der Waals surface area (Å²) < 4.78 is 36.9. The molecule has 28 heavy (non-hydrogen) atoms. The fourth-order valence-electron chi connectivity index (χ4n) is 3.28. The van der Waals surface area contributed by atoms with Gasteiger partial charge in [0.25, 0.3) is 0 Å². The zero-order valence-electron chi connectivity index (χ0n) is 15.3. The second-order valence-electron chi connectivity index (χ2n) is 6.73. The normalized spacial score (nSPS) is 14.3. The zero-order valence-corrected chi connectivity index (χ0v) is 16.1. The van der Waals surface area contributed by atoms with Crippen molar-refractivity contribution >= 4 is 26.8 Å². The van der Waals surface area contributed by atoms with E-state index in [0.29, 0.717) is 6.42 Å². The van der Waals surface area contributed by atoms with Gasteiger partial charge in [0.15, 0.2) is 9.84 Å². The van der Waals surface area contributed by atoms with Gasteiger partial charge in [-0.1, -0.05) is 42.5 Å². The summed E-state index contributed by atoms with van der Waals surface area (Å²) >= 11 is 0. The molecule has 5 heteroatoms. The third kappa shape index (κ3) is 3.66. The Morgan fingerprint density at radius 1 is 0.786 bits per heavy atom. The fourth-order valence-corrected chi connectivity index (χ4v) is 3.91. The van der Waals surface area contributed by atoms with Crippen molar-refractivity contribution in [2.45, 2.75) is 11.3 Å². The molecule has 1 aliphatic heterocycles. The van der Waals surface area contributed by atoms with Crippen LogP contribution in [-0.4, -0.2) is 20.4 Å². The molecule has 0 fully saturated rings. The Balaban J connectivity index is 1.80. The molecule has 0 aliphatic carbocycles. The average Bonchev–Trinajstić information content (AvgIpc) is 3.14. The minimum absolute atomic E-state index is 0.280. The molecule has 0 N–H and O–H groups in total. The molecule has 0 amide bonds. The summed E-state index contributed by atoms with van der Waals surface area (Å²) in [4.78, 5) is 5.12. The number of sulfone groups is 1. The highest BCUT2D eigenvalue weighted by molar-refractivity contribution is 7.90. The van der Waals surface area contributed by atoms with E-state index in [-0.39, 0.29) is 10.7 Å². The van der Waals surface area contributed by atoms with Crippen LogP contribution < -0.4 is 0 Å². The second kappa shape index (κ2) is 7.17. The lowest BCUT2D eigenvalue weighted by Gasteiger charge is -2.08. The minimum Gasteiger partial charge on any atom is -0.252 e. The Morgan fingerprint density at radius 3 is 2.00 bits per heavy atom. The molecule has 1 aliphatic rings. The summed E-state index contributed by atoms with van der Waals surface area (Å²) in [5.74, 6) is -0.298.